The number of rotatable bonds is 5. The van der Waals surface area contributed by atoms with E-state index in [9.17, 15) is 9.59 Å². The minimum Gasteiger partial charge on any atom is -0.489 e. The van der Waals surface area contributed by atoms with E-state index in [0.29, 0.717) is 18.4 Å². The summed E-state index contributed by atoms with van der Waals surface area (Å²) < 4.78 is 6.01. The molecule has 0 spiro atoms. The highest BCUT2D eigenvalue weighted by Gasteiger charge is 2.67. The Hall–Kier alpha value is -3.73. The van der Waals surface area contributed by atoms with Crippen LogP contribution in [0.4, 0.5) is 0 Å². The lowest BCUT2D eigenvalue weighted by molar-refractivity contribution is -0.140. The molecular formula is C29H24N2O3. The molecule has 3 aromatic rings. The maximum Gasteiger partial charge on any atom is 0.254 e. The predicted molar refractivity (Wildman–Crippen MR) is 129 cm³/mol. The fraction of sp³-hybridized carbons (Fsp3) is 0.276. The van der Waals surface area contributed by atoms with Gasteiger partial charge in [0.05, 0.1) is 18.1 Å². The van der Waals surface area contributed by atoms with Gasteiger partial charge in [0.25, 0.3) is 11.8 Å². The first-order chi connectivity index (χ1) is 16.7. The summed E-state index contributed by atoms with van der Waals surface area (Å²) in [5.41, 5.74) is 1.95. The molecule has 8 rings (SSSR count). The van der Waals surface area contributed by atoms with E-state index in [1.165, 1.54) is 10.8 Å². The highest BCUT2D eigenvalue weighted by atomic mass is 16.5. The summed E-state index contributed by atoms with van der Waals surface area (Å²) in [6.07, 6.45) is 7.11. The molecule has 2 amide bonds. The van der Waals surface area contributed by atoms with Crippen LogP contribution in [0.1, 0.15) is 17.5 Å². The summed E-state index contributed by atoms with van der Waals surface area (Å²) in [5.74, 6) is 1.69. The lowest BCUT2D eigenvalue weighted by atomic mass is 9.63. The van der Waals surface area contributed by atoms with Gasteiger partial charge in [-0.25, -0.2) is 0 Å². The average Bonchev–Trinajstić information content (AvgIpc) is 3.66. The summed E-state index contributed by atoms with van der Waals surface area (Å²) in [4.78, 5) is 26.1. The number of fused-ring (bicyclic) bond motifs is 1. The van der Waals surface area contributed by atoms with Gasteiger partial charge in [0.1, 0.15) is 12.4 Å². The third-order valence-electron chi connectivity index (χ3n) is 8.12. The molecule has 5 heteroatoms. The van der Waals surface area contributed by atoms with Crippen LogP contribution in [0.2, 0.25) is 0 Å². The number of carbonyl (C=O) groups is 2. The Labute approximate surface area is 197 Å². The lowest BCUT2D eigenvalue weighted by Gasteiger charge is -2.37. The molecule has 34 heavy (non-hydrogen) atoms. The van der Waals surface area contributed by atoms with Crippen molar-refractivity contribution in [2.45, 2.75) is 13.0 Å². The summed E-state index contributed by atoms with van der Waals surface area (Å²) in [7, 11) is 0. The molecule has 2 bridgehead atoms. The first-order valence-corrected chi connectivity index (χ1v) is 12.0. The van der Waals surface area contributed by atoms with Gasteiger partial charge < -0.3 is 4.74 Å². The van der Waals surface area contributed by atoms with Crippen LogP contribution in [-0.4, -0.2) is 23.0 Å². The van der Waals surface area contributed by atoms with Crippen molar-refractivity contribution in [3.8, 4) is 5.75 Å². The Morgan fingerprint density at radius 3 is 2.26 bits per heavy atom. The molecule has 1 saturated heterocycles. The monoisotopic (exact) mass is 448 g/mol. The van der Waals surface area contributed by atoms with Gasteiger partial charge in [-0.2, -0.15) is 10.1 Å². The number of imide groups is 1. The van der Waals surface area contributed by atoms with Gasteiger partial charge in [0.2, 0.25) is 0 Å². The number of carbonyl (C=O) groups excluding carboxylic acids is 2. The zero-order valence-electron chi connectivity index (χ0n) is 18.6. The van der Waals surface area contributed by atoms with Crippen molar-refractivity contribution >= 4 is 28.8 Å². The molecule has 4 aliphatic carbocycles. The Morgan fingerprint density at radius 2 is 1.53 bits per heavy atom. The summed E-state index contributed by atoms with van der Waals surface area (Å²) in [6, 6.07) is 22.1. The van der Waals surface area contributed by atoms with Crippen molar-refractivity contribution in [3.63, 3.8) is 0 Å². The molecule has 2 saturated carbocycles. The fourth-order valence-corrected chi connectivity index (χ4v) is 6.41. The molecule has 3 fully saturated rings. The molecule has 1 aliphatic heterocycles. The van der Waals surface area contributed by atoms with Gasteiger partial charge >= 0.3 is 0 Å². The van der Waals surface area contributed by atoms with Crippen LogP contribution in [-0.2, 0) is 16.2 Å². The molecule has 0 N–H and O–H groups in total. The third kappa shape index (κ3) is 2.96. The van der Waals surface area contributed by atoms with Gasteiger partial charge in [-0.3, -0.25) is 9.59 Å². The van der Waals surface area contributed by atoms with Crippen molar-refractivity contribution in [2.75, 3.05) is 0 Å². The van der Waals surface area contributed by atoms with Gasteiger partial charge in [0, 0.05) is 0 Å². The van der Waals surface area contributed by atoms with E-state index in [1.54, 1.807) is 6.21 Å². The van der Waals surface area contributed by atoms with Crippen LogP contribution in [0.25, 0.3) is 10.8 Å². The topological polar surface area (TPSA) is 59.0 Å². The minimum absolute atomic E-state index is 0.133. The molecular weight excluding hydrogens is 424 g/mol. The molecule has 0 aromatic heterocycles. The molecule has 0 radical (unpaired) electrons. The second-order valence-electron chi connectivity index (χ2n) is 9.88. The maximum atomic E-state index is 13.0. The fourth-order valence-electron chi connectivity index (χ4n) is 6.41. The summed E-state index contributed by atoms with van der Waals surface area (Å²) in [5, 5.41) is 7.82. The maximum absolute atomic E-state index is 13.0. The Kier molecular flexibility index (Phi) is 4.28. The minimum atomic E-state index is -0.215. The molecule has 5 aliphatic rings. The van der Waals surface area contributed by atoms with Gasteiger partial charge in [-0.15, -0.1) is 0 Å². The van der Waals surface area contributed by atoms with Crippen LogP contribution in [0.15, 0.2) is 84.0 Å². The van der Waals surface area contributed by atoms with Crippen molar-refractivity contribution in [2.24, 2.45) is 40.6 Å². The molecule has 3 aromatic carbocycles. The largest absolute Gasteiger partial charge is 0.489 e. The standard InChI is InChI=1S/C29H24N2O3/c32-28-26-22-12-13-23(25-14-24(22)25)27(26)29(33)31(28)30-15-17-8-10-20(11-9-17)34-16-19-6-3-5-18-4-1-2-7-21(18)19/h1-13,15,22-27H,14,16H2/b30-15-/t22-,23-,24-,25-,26-,27+/m0/s1. The van der Waals surface area contributed by atoms with Crippen LogP contribution in [0, 0.1) is 35.5 Å². The number of ether oxygens (including phenoxy) is 1. The highest BCUT2D eigenvalue weighted by Crippen LogP contribution is 2.65. The summed E-state index contributed by atoms with van der Waals surface area (Å²) >= 11 is 0. The van der Waals surface area contributed by atoms with E-state index >= 15 is 0 Å². The SMILES string of the molecule is O=C1[C@@H]2[C@H]3C=C[C@@H]([C@@H]4C[C@@H]34)[C@@H]2C(=O)N1/N=C\c1ccc(OCc2cccc3ccccc23)cc1. The van der Waals surface area contributed by atoms with E-state index in [2.05, 4.69) is 41.5 Å². The molecule has 6 atom stereocenters. The van der Waals surface area contributed by atoms with Crippen LogP contribution >= 0.6 is 0 Å². The normalized spacial score (nSPS) is 30.8. The van der Waals surface area contributed by atoms with E-state index < -0.39 is 0 Å². The van der Waals surface area contributed by atoms with E-state index in [0.717, 1.165) is 28.3 Å². The number of allylic oxidation sites excluding steroid dienone is 2. The Morgan fingerprint density at radius 1 is 0.853 bits per heavy atom. The lowest BCUT2D eigenvalue weighted by Crippen LogP contribution is -2.40. The molecule has 168 valence electrons. The molecule has 5 nitrogen and oxygen atoms in total. The van der Waals surface area contributed by atoms with Gasteiger partial charge in [-0.05, 0) is 76.3 Å². The van der Waals surface area contributed by atoms with Crippen LogP contribution < -0.4 is 4.74 Å². The van der Waals surface area contributed by atoms with Crippen LogP contribution in [0.3, 0.4) is 0 Å². The number of nitrogens with zero attached hydrogens (tertiary/aromatic N) is 2. The molecule has 1 heterocycles. The van der Waals surface area contributed by atoms with E-state index in [1.807, 2.05) is 42.5 Å². The number of benzene rings is 3. The number of hydrogen-bond donors (Lipinski definition) is 0. The Bertz CT molecular complexity index is 1330. The van der Waals surface area contributed by atoms with Gasteiger partial charge in [0.15, 0.2) is 0 Å². The highest BCUT2D eigenvalue weighted by molar-refractivity contribution is 6.06. The smallest absolute Gasteiger partial charge is 0.254 e. The van der Waals surface area contributed by atoms with Crippen molar-refractivity contribution in [3.05, 3.63) is 90.0 Å². The average molecular weight is 449 g/mol. The number of amides is 2. The van der Waals surface area contributed by atoms with E-state index in [4.69, 9.17) is 4.74 Å². The zero-order valence-corrected chi connectivity index (χ0v) is 18.6. The third-order valence-corrected chi connectivity index (χ3v) is 8.12. The predicted octanol–water partition coefficient (Wildman–Crippen LogP) is 4.81. The quantitative estimate of drug-likeness (QED) is 0.320. The number of hydrazone groups is 1. The van der Waals surface area contributed by atoms with Gasteiger partial charge in [-0.1, -0.05) is 54.6 Å². The van der Waals surface area contributed by atoms with Crippen molar-refractivity contribution in [1.82, 2.24) is 5.01 Å². The van der Waals surface area contributed by atoms with Crippen molar-refractivity contribution in [1.29, 1.82) is 0 Å². The number of hydrogen-bond acceptors (Lipinski definition) is 4. The first kappa shape index (κ1) is 19.7. The second kappa shape index (κ2) is 7.39. The summed E-state index contributed by atoms with van der Waals surface area (Å²) in [6.45, 7) is 0.479. The van der Waals surface area contributed by atoms with Crippen molar-refractivity contribution < 1.29 is 14.3 Å². The zero-order chi connectivity index (χ0) is 22.8. The Balaban J connectivity index is 1.04. The van der Waals surface area contributed by atoms with E-state index in [-0.39, 0.29) is 35.5 Å². The molecule has 0 unspecified atom stereocenters. The van der Waals surface area contributed by atoms with Crippen LogP contribution in [0.5, 0.6) is 5.75 Å². The first-order valence-electron chi connectivity index (χ1n) is 12.0. The second-order valence-corrected chi connectivity index (χ2v) is 9.88.